The first-order valence-corrected chi connectivity index (χ1v) is 11.3. The zero-order valence-corrected chi connectivity index (χ0v) is 17.6. The number of ketones is 1. The lowest BCUT2D eigenvalue weighted by Crippen LogP contribution is -2.14. The zero-order valence-electron chi connectivity index (χ0n) is 16.0. The second-order valence-corrected chi connectivity index (χ2v) is 10.0. The lowest BCUT2D eigenvalue weighted by atomic mass is 10.1. The van der Waals surface area contributed by atoms with E-state index in [2.05, 4.69) is 10.1 Å². The van der Waals surface area contributed by atoms with Crippen LogP contribution < -0.4 is 0 Å². The summed E-state index contributed by atoms with van der Waals surface area (Å²) in [6.07, 6.45) is 3.80. The molecule has 0 spiro atoms. The molecule has 0 N–H and O–H groups in total. The van der Waals surface area contributed by atoms with Gasteiger partial charge in [0.15, 0.2) is 0 Å². The monoisotopic (exact) mass is 425 g/mol. The van der Waals surface area contributed by atoms with E-state index in [1.165, 1.54) is 17.5 Å². The highest BCUT2D eigenvalue weighted by atomic mass is 32.2. The van der Waals surface area contributed by atoms with Crippen molar-refractivity contribution in [3.05, 3.63) is 75.9 Å². The second kappa shape index (κ2) is 7.53. The maximum Gasteiger partial charge on any atom is 0.283 e. The van der Waals surface area contributed by atoms with Crippen molar-refractivity contribution < 1.29 is 13.2 Å². The Balaban J connectivity index is 1.65. The Hall–Kier alpha value is -2.84. The van der Waals surface area contributed by atoms with Crippen LogP contribution in [0.4, 0.5) is 0 Å². The molecule has 0 saturated heterocycles. The van der Waals surface area contributed by atoms with Crippen LogP contribution in [0.15, 0.2) is 59.8 Å². The fraction of sp³-hybridized carbons (Fsp3) is 0.190. The average molecular weight is 426 g/mol. The lowest BCUT2D eigenvalue weighted by Gasteiger charge is -2.08. The van der Waals surface area contributed by atoms with Crippen molar-refractivity contribution in [2.45, 2.75) is 31.6 Å². The van der Waals surface area contributed by atoms with Gasteiger partial charge in [-0.05, 0) is 43.2 Å². The minimum Gasteiger partial charge on any atom is -0.299 e. The molecule has 0 unspecified atom stereocenters. The normalized spacial score (nSPS) is 11.8. The van der Waals surface area contributed by atoms with Crippen molar-refractivity contribution in [2.75, 3.05) is 0 Å². The van der Waals surface area contributed by atoms with Gasteiger partial charge in [0.25, 0.3) is 10.0 Å². The number of aromatic nitrogens is 3. The fourth-order valence-corrected chi connectivity index (χ4v) is 5.39. The highest BCUT2D eigenvalue weighted by Gasteiger charge is 2.21. The SMILES string of the molecule is Cc1cccc(S(=O)(=O)n2ncc3ccc(CC(=O)Cc4cnc(C)s4)cc32)c1. The van der Waals surface area contributed by atoms with E-state index in [1.807, 2.05) is 26.0 Å². The Morgan fingerprint density at radius 2 is 1.90 bits per heavy atom. The van der Waals surface area contributed by atoms with Crippen LogP contribution in [0.25, 0.3) is 10.9 Å². The van der Waals surface area contributed by atoms with Gasteiger partial charge in [0.1, 0.15) is 5.78 Å². The van der Waals surface area contributed by atoms with Crippen LogP contribution in [-0.2, 0) is 27.7 Å². The molecule has 0 aliphatic rings. The van der Waals surface area contributed by atoms with E-state index in [9.17, 15) is 13.2 Å². The molecule has 2 aromatic carbocycles. The van der Waals surface area contributed by atoms with Crippen molar-refractivity contribution in [3.8, 4) is 0 Å². The minimum atomic E-state index is -3.82. The van der Waals surface area contributed by atoms with E-state index in [4.69, 9.17) is 0 Å². The summed E-state index contributed by atoms with van der Waals surface area (Å²) in [5, 5.41) is 5.74. The molecule has 0 radical (unpaired) electrons. The number of thiazole rings is 1. The van der Waals surface area contributed by atoms with Crippen LogP contribution in [0, 0.1) is 13.8 Å². The molecule has 29 heavy (non-hydrogen) atoms. The number of nitrogens with zero attached hydrogens (tertiary/aromatic N) is 3. The van der Waals surface area contributed by atoms with Crippen LogP contribution in [0.1, 0.15) is 21.0 Å². The maximum atomic E-state index is 13.1. The molecule has 4 rings (SSSR count). The van der Waals surface area contributed by atoms with Crippen LogP contribution >= 0.6 is 11.3 Å². The van der Waals surface area contributed by atoms with Gasteiger partial charge in [-0.1, -0.05) is 24.3 Å². The molecule has 0 saturated carbocycles. The third kappa shape index (κ3) is 3.99. The van der Waals surface area contributed by atoms with Gasteiger partial charge in [-0.15, -0.1) is 11.3 Å². The number of hydrogen-bond acceptors (Lipinski definition) is 6. The molecule has 0 atom stereocenters. The lowest BCUT2D eigenvalue weighted by molar-refractivity contribution is -0.117. The number of aryl methyl sites for hydroxylation is 2. The number of fused-ring (bicyclic) bond motifs is 1. The van der Waals surface area contributed by atoms with Crippen LogP contribution in [-0.4, -0.2) is 28.4 Å². The first-order valence-electron chi connectivity index (χ1n) is 9.05. The van der Waals surface area contributed by atoms with Gasteiger partial charge < -0.3 is 0 Å². The van der Waals surface area contributed by atoms with Crippen molar-refractivity contribution in [2.24, 2.45) is 0 Å². The van der Waals surface area contributed by atoms with Crippen LogP contribution in [0.5, 0.6) is 0 Å². The Labute approximate surface area is 172 Å². The molecule has 0 fully saturated rings. The second-order valence-electron chi connectivity index (χ2n) is 6.94. The van der Waals surface area contributed by atoms with Gasteiger partial charge in [0, 0.05) is 29.3 Å². The van der Waals surface area contributed by atoms with E-state index in [-0.39, 0.29) is 17.1 Å². The van der Waals surface area contributed by atoms with Gasteiger partial charge in [0.2, 0.25) is 0 Å². The Morgan fingerprint density at radius 1 is 1.07 bits per heavy atom. The number of rotatable bonds is 6. The average Bonchev–Trinajstić information content (AvgIpc) is 3.27. The Morgan fingerprint density at radius 3 is 2.62 bits per heavy atom. The molecule has 6 nitrogen and oxygen atoms in total. The van der Waals surface area contributed by atoms with Gasteiger partial charge >= 0.3 is 0 Å². The van der Waals surface area contributed by atoms with Crippen molar-refractivity contribution in [3.63, 3.8) is 0 Å². The summed E-state index contributed by atoms with van der Waals surface area (Å²) in [5.41, 5.74) is 2.07. The highest BCUT2D eigenvalue weighted by Crippen LogP contribution is 2.23. The van der Waals surface area contributed by atoms with Crippen molar-refractivity contribution >= 4 is 38.0 Å². The van der Waals surface area contributed by atoms with Gasteiger partial charge in [-0.25, -0.2) is 4.98 Å². The Kier molecular flexibility index (Phi) is 5.06. The van der Waals surface area contributed by atoms with Crippen molar-refractivity contribution in [1.29, 1.82) is 0 Å². The quantitative estimate of drug-likeness (QED) is 0.470. The smallest absolute Gasteiger partial charge is 0.283 e. The molecular formula is C21H19N3O3S2. The van der Waals surface area contributed by atoms with Gasteiger partial charge in [0.05, 0.1) is 21.6 Å². The standard InChI is InChI=1S/C21H19N3O3S2/c1-14-4-3-5-20(8-14)29(26,27)24-21-10-16(6-7-17(21)12-23-24)9-18(25)11-19-13-22-15(2)28-19/h3-8,10,12-13H,9,11H2,1-2H3. The highest BCUT2D eigenvalue weighted by molar-refractivity contribution is 7.90. The van der Waals surface area contributed by atoms with Crippen LogP contribution in [0.3, 0.4) is 0 Å². The summed E-state index contributed by atoms with van der Waals surface area (Å²) in [5.74, 6) is 0.0561. The number of carbonyl (C=O) groups is 1. The zero-order chi connectivity index (χ0) is 20.6. The third-order valence-electron chi connectivity index (χ3n) is 4.56. The Bertz CT molecular complexity index is 1320. The number of benzene rings is 2. The fourth-order valence-electron chi connectivity index (χ4n) is 3.19. The number of hydrogen-bond donors (Lipinski definition) is 0. The van der Waals surface area contributed by atoms with Gasteiger partial charge in [-0.2, -0.15) is 17.6 Å². The van der Waals surface area contributed by atoms with Crippen LogP contribution in [0.2, 0.25) is 0 Å². The summed E-state index contributed by atoms with van der Waals surface area (Å²) < 4.78 is 27.2. The molecule has 0 amide bonds. The molecule has 0 bridgehead atoms. The maximum absolute atomic E-state index is 13.1. The van der Waals surface area contributed by atoms with Crippen molar-refractivity contribution in [1.82, 2.24) is 14.2 Å². The molecular weight excluding hydrogens is 406 g/mol. The third-order valence-corrected chi connectivity index (χ3v) is 7.07. The van der Waals surface area contributed by atoms with E-state index in [1.54, 1.807) is 36.5 Å². The molecule has 0 aliphatic heterocycles. The topological polar surface area (TPSA) is 81.9 Å². The summed E-state index contributed by atoms with van der Waals surface area (Å²) in [6.45, 7) is 3.75. The van der Waals surface area contributed by atoms with E-state index in [0.717, 1.165) is 25.1 Å². The minimum absolute atomic E-state index is 0.0561. The summed E-state index contributed by atoms with van der Waals surface area (Å²) in [6, 6.07) is 12.1. The van der Waals surface area contributed by atoms with Gasteiger partial charge in [-0.3, -0.25) is 4.79 Å². The molecule has 4 aromatic rings. The first kappa shape index (κ1) is 19.5. The number of Topliss-reactive ketones (excluding diaryl/α,β-unsaturated/α-hetero) is 1. The molecule has 2 aromatic heterocycles. The molecule has 0 aliphatic carbocycles. The van der Waals surface area contributed by atoms with E-state index < -0.39 is 10.0 Å². The number of carbonyl (C=O) groups excluding carboxylic acids is 1. The predicted molar refractivity (Wildman–Crippen MR) is 113 cm³/mol. The summed E-state index contributed by atoms with van der Waals surface area (Å²) >= 11 is 1.51. The summed E-state index contributed by atoms with van der Waals surface area (Å²) in [4.78, 5) is 17.7. The van der Waals surface area contributed by atoms with E-state index >= 15 is 0 Å². The van der Waals surface area contributed by atoms with E-state index in [0.29, 0.717) is 17.3 Å². The molecule has 148 valence electrons. The first-order chi connectivity index (χ1) is 13.8. The largest absolute Gasteiger partial charge is 0.299 e. The molecule has 8 heteroatoms. The summed E-state index contributed by atoms with van der Waals surface area (Å²) in [7, 11) is -3.82. The predicted octanol–water partition coefficient (Wildman–Crippen LogP) is 3.70. The molecule has 2 heterocycles.